The van der Waals surface area contributed by atoms with Crippen LogP contribution in [0.25, 0.3) is 11.3 Å². The van der Waals surface area contributed by atoms with Gasteiger partial charge in [-0.2, -0.15) is 0 Å². The number of nitrogens with zero attached hydrogens (tertiary/aromatic N) is 2. The Bertz CT molecular complexity index is 557. The predicted octanol–water partition coefficient (Wildman–Crippen LogP) is 2.70. The fourth-order valence-electron chi connectivity index (χ4n) is 1.64. The van der Waals surface area contributed by atoms with Crippen LogP contribution < -0.4 is 10.5 Å². The van der Waals surface area contributed by atoms with Gasteiger partial charge < -0.3 is 10.5 Å². The molecule has 0 aliphatic carbocycles. The number of hydrogen-bond acceptors (Lipinski definition) is 4. The van der Waals surface area contributed by atoms with E-state index in [-0.39, 0.29) is 0 Å². The number of ether oxygens (including phenoxy) is 1. The van der Waals surface area contributed by atoms with Crippen molar-refractivity contribution in [3.8, 4) is 17.1 Å². The van der Waals surface area contributed by atoms with E-state index in [1.54, 1.807) is 25.3 Å². The van der Waals surface area contributed by atoms with E-state index in [0.29, 0.717) is 16.6 Å². The molecule has 1 heterocycles. The van der Waals surface area contributed by atoms with E-state index in [2.05, 4.69) is 9.97 Å². The van der Waals surface area contributed by atoms with E-state index < -0.39 is 0 Å². The van der Waals surface area contributed by atoms with Crippen molar-refractivity contribution < 1.29 is 4.74 Å². The van der Waals surface area contributed by atoms with Gasteiger partial charge >= 0.3 is 0 Å². The van der Waals surface area contributed by atoms with Gasteiger partial charge in [-0.3, -0.25) is 0 Å². The first-order valence-electron chi connectivity index (χ1n) is 5.04. The maximum Gasteiger partial charge on any atom is 0.219 e. The van der Waals surface area contributed by atoms with Crippen molar-refractivity contribution in [1.82, 2.24) is 9.97 Å². The smallest absolute Gasteiger partial charge is 0.219 e. The zero-order chi connectivity index (χ0) is 12.4. The van der Waals surface area contributed by atoms with E-state index >= 15 is 0 Å². The normalized spacial score (nSPS) is 10.3. The Morgan fingerprint density at radius 1 is 1.29 bits per heavy atom. The highest BCUT2D eigenvalue weighted by Crippen LogP contribution is 2.31. The highest BCUT2D eigenvalue weighted by molar-refractivity contribution is 6.31. The molecule has 0 aliphatic heterocycles. The Labute approximate surface area is 104 Å². The molecule has 4 nitrogen and oxygen atoms in total. The quantitative estimate of drug-likeness (QED) is 0.832. The van der Waals surface area contributed by atoms with Crippen molar-refractivity contribution in [3.63, 3.8) is 0 Å². The van der Waals surface area contributed by atoms with Crippen LogP contribution in [0.2, 0.25) is 5.02 Å². The summed E-state index contributed by atoms with van der Waals surface area (Å²) >= 11 is 5.96. The summed E-state index contributed by atoms with van der Waals surface area (Å²) in [5, 5.41) is 0.617. The molecule has 1 aromatic carbocycles. The van der Waals surface area contributed by atoms with Gasteiger partial charge in [0.1, 0.15) is 6.33 Å². The van der Waals surface area contributed by atoms with Crippen LogP contribution in [0, 0.1) is 6.92 Å². The monoisotopic (exact) mass is 249 g/mol. The van der Waals surface area contributed by atoms with Crippen molar-refractivity contribution in [2.75, 3.05) is 12.8 Å². The summed E-state index contributed by atoms with van der Waals surface area (Å²) in [6.45, 7) is 1.88. The third-order valence-electron chi connectivity index (χ3n) is 2.50. The number of halogens is 1. The second-order valence-electron chi connectivity index (χ2n) is 3.59. The molecule has 2 aromatic rings. The lowest BCUT2D eigenvalue weighted by Gasteiger charge is -2.10. The molecule has 0 unspecified atom stereocenters. The number of methoxy groups -OCH3 is 1. The van der Waals surface area contributed by atoms with Crippen LogP contribution in [0.3, 0.4) is 0 Å². The number of hydrogen-bond donors (Lipinski definition) is 1. The van der Waals surface area contributed by atoms with Gasteiger partial charge in [0.05, 0.1) is 12.8 Å². The number of anilines is 1. The van der Waals surface area contributed by atoms with Crippen LogP contribution in [0.15, 0.2) is 24.5 Å². The van der Waals surface area contributed by atoms with Crippen molar-refractivity contribution in [2.45, 2.75) is 6.92 Å². The average molecular weight is 250 g/mol. The molecule has 0 fully saturated rings. The summed E-state index contributed by atoms with van der Waals surface area (Å²) in [6.07, 6.45) is 1.45. The predicted molar refractivity (Wildman–Crippen MR) is 68.2 cm³/mol. The third kappa shape index (κ3) is 2.17. The summed E-state index contributed by atoms with van der Waals surface area (Å²) in [7, 11) is 1.57. The molecule has 1 aromatic heterocycles. The van der Waals surface area contributed by atoms with Crippen molar-refractivity contribution in [2.24, 2.45) is 0 Å². The SMILES string of the molecule is COc1ncnc(-c2cc(Cl)ccc2N)c1C. The molecule has 2 rings (SSSR count). The highest BCUT2D eigenvalue weighted by Gasteiger charge is 2.12. The summed E-state index contributed by atoms with van der Waals surface area (Å²) in [4.78, 5) is 8.26. The van der Waals surface area contributed by atoms with Crippen LogP contribution in [0.5, 0.6) is 5.88 Å². The van der Waals surface area contributed by atoms with Crippen LogP contribution in [-0.2, 0) is 0 Å². The number of benzene rings is 1. The van der Waals surface area contributed by atoms with Crippen LogP contribution in [0.4, 0.5) is 5.69 Å². The Morgan fingerprint density at radius 2 is 2.06 bits per heavy atom. The molecule has 17 heavy (non-hydrogen) atoms. The Balaban J connectivity index is 2.64. The first-order chi connectivity index (χ1) is 8.13. The van der Waals surface area contributed by atoms with Crippen LogP contribution >= 0.6 is 11.6 Å². The van der Waals surface area contributed by atoms with E-state index in [1.807, 2.05) is 6.92 Å². The fourth-order valence-corrected chi connectivity index (χ4v) is 1.82. The molecule has 5 heteroatoms. The zero-order valence-corrected chi connectivity index (χ0v) is 10.3. The van der Waals surface area contributed by atoms with Gasteiger partial charge in [0, 0.05) is 21.8 Å². The third-order valence-corrected chi connectivity index (χ3v) is 2.74. The molecule has 0 aliphatic rings. The minimum atomic E-state index is 0.536. The largest absolute Gasteiger partial charge is 0.481 e. The first kappa shape index (κ1) is 11.7. The molecule has 0 saturated carbocycles. The Hall–Kier alpha value is -1.81. The van der Waals surface area contributed by atoms with Gasteiger partial charge in [0.2, 0.25) is 5.88 Å². The Morgan fingerprint density at radius 3 is 2.76 bits per heavy atom. The first-order valence-corrected chi connectivity index (χ1v) is 5.42. The minimum Gasteiger partial charge on any atom is -0.481 e. The molecule has 0 spiro atoms. The fraction of sp³-hybridized carbons (Fsp3) is 0.167. The molecular weight excluding hydrogens is 238 g/mol. The molecular formula is C12H12ClN3O. The second-order valence-corrected chi connectivity index (χ2v) is 4.02. The second kappa shape index (κ2) is 4.59. The van der Waals surface area contributed by atoms with Gasteiger partial charge in [-0.05, 0) is 25.1 Å². The van der Waals surface area contributed by atoms with Crippen molar-refractivity contribution >= 4 is 17.3 Å². The maximum absolute atomic E-state index is 5.96. The zero-order valence-electron chi connectivity index (χ0n) is 9.57. The van der Waals surface area contributed by atoms with E-state index in [1.165, 1.54) is 6.33 Å². The lowest BCUT2D eigenvalue weighted by molar-refractivity contribution is 0.393. The molecule has 88 valence electrons. The van der Waals surface area contributed by atoms with Gasteiger partial charge in [-0.15, -0.1) is 0 Å². The Kier molecular flexibility index (Phi) is 3.15. The molecule has 0 atom stereocenters. The topological polar surface area (TPSA) is 61.0 Å². The summed E-state index contributed by atoms with van der Waals surface area (Å²) in [5.74, 6) is 0.536. The number of aromatic nitrogens is 2. The summed E-state index contributed by atoms with van der Waals surface area (Å²) < 4.78 is 5.15. The molecule has 0 radical (unpaired) electrons. The van der Waals surface area contributed by atoms with E-state index in [4.69, 9.17) is 22.1 Å². The number of nitrogen functional groups attached to an aromatic ring is 1. The summed E-state index contributed by atoms with van der Waals surface area (Å²) in [5.41, 5.74) is 8.90. The number of nitrogens with two attached hydrogens (primary N) is 1. The van der Waals surface area contributed by atoms with Crippen LogP contribution in [0.1, 0.15) is 5.56 Å². The maximum atomic E-state index is 5.96. The lowest BCUT2D eigenvalue weighted by atomic mass is 10.1. The highest BCUT2D eigenvalue weighted by atomic mass is 35.5. The molecule has 2 N–H and O–H groups in total. The lowest BCUT2D eigenvalue weighted by Crippen LogP contribution is -1.98. The molecule has 0 amide bonds. The van der Waals surface area contributed by atoms with Crippen LogP contribution in [-0.4, -0.2) is 17.1 Å². The molecule has 0 bridgehead atoms. The van der Waals surface area contributed by atoms with E-state index in [0.717, 1.165) is 16.8 Å². The van der Waals surface area contributed by atoms with Crippen molar-refractivity contribution in [3.05, 3.63) is 35.1 Å². The average Bonchev–Trinajstić information content (AvgIpc) is 2.33. The summed E-state index contributed by atoms with van der Waals surface area (Å²) in [6, 6.07) is 5.28. The standard InChI is InChI=1S/C12H12ClN3O/c1-7-11(15-6-16-12(7)17-2)9-5-8(13)3-4-10(9)14/h3-6H,14H2,1-2H3. The van der Waals surface area contributed by atoms with Crippen molar-refractivity contribution in [1.29, 1.82) is 0 Å². The minimum absolute atomic E-state index is 0.536. The van der Waals surface area contributed by atoms with Gasteiger partial charge in [0.15, 0.2) is 0 Å². The van der Waals surface area contributed by atoms with Gasteiger partial charge in [0.25, 0.3) is 0 Å². The van der Waals surface area contributed by atoms with E-state index in [9.17, 15) is 0 Å². The number of rotatable bonds is 2. The molecule has 0 saturated heterocycles. The van der Waals surface area contributed by atoms with Gasteiger partial charge in [-0.25, -0.2) is 9.97 Å². The van der Waals surface area contributed by atoms with Gasteiger partial charge in [-0.1, -0.05) is 11.6 Å².